The van der Waals surface area contributed by atoms with E-state index in [0.717, 1.165) is 123 Å². The largest absolute Gasteiger partial charge is 0.264 e. The smallest absolute Gasteiger partial charge is 0.160 e. The van der Waals surface area contributed by atoms with E-state index in [1.165, 1.54) is 117 Å². The summed E-state index contributed by atoms with van der Waals surface area (Å²) in [6.07, 6.45) is 24.9. The van der Waals surface area contributed by atoms with Crippen molar-refractivity contribution in [2.45, 2.75) is 43.9 Å². The van der Waals surface area contributed by atoms with E-state index in [1.54, 1.807) is 18.6 Å². The van der Waals surface area contributed by atoms with Gasteiger partial charge in [0.05, 0.1) is 39.6 Å². The summed E-state index contributed by atoms with van der Waals surface area (Å²) in [5, 5.41) is 0. The maximum atomic E-state index is 5.19. The summed E-state index contributed by atoms with van der Waals surface area (Å²) < 4.78 is 0. The number of aromatic nitrogens is 9. The summed E-state index contributed by atoms with van der Waals surface area (Å²) >= 11 is 0. The zero-order valence-electron chi connectivity index (χ0n) is 82.8. The van der Waals surface area contributed by atoms with Gasteiger partial charge in [0.2, 0.25) is 0 Å². The first-order valence-corrected chi connectivity index (χ1v) is 51.1. The van der Waals surface area contributed by atoms with Crippen molar-refractivity contribution >= 4 is 5.57 Å². The monoisotopic (exact) mass is 1910 g/mol. The van der Waals surface area contributed by atoms with Crippen LogP contribution in [0.2, 0.25) is 0 Å². The highest BCUT2D eigenvalue weighted by molar-refractivity contribution is 5.98. The molecule has 0 fully saturated rings. The summed E-state index contributed by atoms with van der Waals surface area (Å²) in [6, 6.07) is 158. The lowest BCUT2D eigenvalue weighted by Gasteiger charge is -2.35. The summed E-state index contributed by atoms with van der Waals surface area (Å²) in [5.74, 6) is 2.94. The summed E-state index contributed by atoms with van der Waals surface area (Å²) in [6.45, 7) is 9.43. The highest BCUT2D eigenvalue weighted by atomic mass is 14.9. The van der Waals surface area contributed by atoms with E-state index in [0.29, 0.717) is 29.3 Å². The van der Waals surface area contributed by atoms with E-state index in [4.69, 9.17) is 29.9 Å². The molecule has 16 aromatic carbocycles. The van der Waals surface area contributed by atoms with Gasteiger partial charge in [-0.25, -0.2) is 29.9 Å². The van der Waals surface area contributed by atoms with Crippen molar-refractivity contribution < 1.29 is 0 Å². The Morgan fingerprint density at radius 2 is 0.483 bits per heavy atom. The first kappa shape index (κ1) is 90.2. The Morgan fingerprint density at radius 1 is 0.188 bits per heavy atom. The second-order valence-electron chi connectivity index (χ2n) is 40.2. The summed E-state index contributed by atoms with van der Waals surface area (Å²) in [7, 11) is 0. The van der Waals surface area contributed by atoms with Gasteiger partial charge in [-0.1, -0.05) is 434 Å². The Balaban J connectivity index is 0.000000114. The fourth-order valence-corrected chi connectivity index (χ4v) is 23.4. The second-order valence-corrected chi connectivity index (χ2v) is 40.2. The first-order valence-electron chi connectivity index (χ1n) is 51.1. The summed E-state index contributed by atoms with van der Waals surface area (Å²) in [5.41, 5.74) is 49.6. The van der Waals surface area contributed by atoms with Crippen LogP contribution in [0.1, 0.15) is 72.2 Å². The third-order valence-electron chi connectivity index (χ3n) is 30.8. The van der Waals surface area contributed by atoms with Crippen LogP contribution in [-0.4, -0.2) is 44.9 Å². The Hall–Kier alpha value is -18.8. The van der Waals surface area contributed by atoms with Gasteiger partial charge in [0, 0.05) is 110 Å². The van der Waals surface area contributed by atoms with E-state index in [2.05, 4.69) is 473 Å². The molecule has 149 heavy (non-hydrogen) atoms. The van der Waals surface area contributed by atoms with Gasteiger partial charge in [-0.3, -0.25) is 15.0 Å². The van der Waals surface area contributed by atoms with Crippen molar-refractivity contribution in [2.24, 2.45) is 11.8 Å². The van der Waals surface area contributed by atoms with Crippen molar-refractivity contribution in [3.05, 3.63) is 567 Å². The van der Waals surface area contributed by atoms with Crippen molar-refractivity contribution in [2.75, 3.05) is 0 Å². The van der Waals surface area contributed by atoms with E-state index >= 15 is 0 Å². The number of hydrogen-bond donors (Lipinski definition) is 0. The molecule has 0 aliphatic heterocycles. The lowest BCUT2D eigenvalue weighted by molar-refractivity contribution is 0.511. The molecule has 28 rings (SSSR count). The van der Waals surface area contributed by atoms with Crippen molar-refractivity contribution in [3.8, 4) is 202 Å². The molecular weight excluding hydrogens is 1810 g/mol. The average molecular weight is 1910 g/mol. The molecule has 0 N–H and O–H groups in total. The highest BCUT2D eigenvalue weighted by Crippen LogP contribution is 2.64. The van der Waals surface area contributed by atoms with Crippen molar-refractivity contribution in [3.63, 3.8) is 0 Å². The zero-order valence-corrected chi connectivity index (χ0v) is 82.8. The standard InChI is InChI=1S/C52H33N3.C46H35N3.C42H31N3/c1-2-12-35(13-3-1)49-32-50(55-51(54-49)36-25-23-34(24-26-36)40-16-11-29-53-33-40)39-15-10-14-37(30-39)38-27-28-48-44(31-38)43-19-6-9-22-47(43)52(48)45-20-7-4-17-41(45)42-18-5-8-21-46(42)52;1-46(2)41-27-35(22-23-39(41)40-24-21-31-10-6-7-16-38(31)44(40)46)34-13-8-14-36(26-34)43-28-42(32-11-4-3-5-12-32)48-45(49-43)33-19-17-30(18-20-33)37-15-9-25-47-29-37;1-42(2)37-16-7-6-15-35(37)36-25-32(21-22-38(36)42)31-12-8-13-33(24-31)40-26-39(29-10-4-3-5-11-29)44-41(45-40)30-19-17-28(18-20-30)34-14-9-23-43-27-34/h1-33H;3-29,31,38H,1-2H3;3-27H,1-2H3. The van der Waals surface area contributed by atoms with Gasteiger partial charge in [-0.2, -0.15) is 0 Å². The summed E-state index contributed by atoms with van der Waals surface area (Å²) in [4.78, 5) is 43.5. The number of nitrogens with zero attached hydrogens (tertiary/aromatic N) is 9. The molecule has 9 nitrogen and oxygen atoms in total. The van der Waals surface area contributed by atoms with Crippen LogP contribution in [0.3, 0.4) is 0 Å². The number of fused-ring (bicyclic) bond motifs is 17. The molecule has 2 unspecified atom stereocenters. The van der Waals surface area contributed by atoms with E-state index in [1.807, 2.05) is 67.1 Å². The molecule has 0 bridgehead atoms. The Labute approximate surface area is 868 Å². The van der Waals surface area contributed by atoms with Crippen LogP contribution < -0.4 is 0 Å². The molecule has 6 aliphatic rings. The van der Waals surface area contributed by atoms with Crippen LogP contribution in [-0.2, 0) is 16.2 Å². The molecule has 2 atom stereocenters. The van der Waals surface area contributed by atoms with Crippen LogP contribution in [0.5, 0.6) is 0 Å². The van der Waals surface area contributed by atoms with Crippen LogP contribution in [0.25, 0.3) is 207 Å². The zero-order chi connectivity index (χ0) is 99.7. The van der Waals surface area contributed by atoms with Crippen molar-refractivity contribution in [1.82, 2.24) is 44.9 Å². The topological polar surface area (TPSA) is 116 Å². The average Bonchev–Trinajstić information content (AvgIpc) is 1.50. The van der Waals surface area contributed by atoms with Gasteiger partial charge in [0.25, 0.3) is 0 Å². The molecule has 6 aliphatic carbocycles. The molecular formula is C140H99N9. The number of pyridine rings is 3. The fourth-order valence-electron chi connectivity index (χ4n) is 23.4. The number of rotatable bonds is 15. The molecule has 704 valence electrons. The molecule has 1 spiro atoms. The lowest BCUT2D eigenvalue weighted by atomic mass is 9.68. The quantitative estimate of drug-likeness (QED) is 0.0989. The molecule has 6 heterocycles. The molecule has 22 aromatic rings. The lowest BCUT2D eigenvalue weighted by Crippen LogP contribution is -2.27. The molecule has 9 heteroatoms. The number of hydrogen-bond acceptors (Lipinski definition) is 9. The van der Waals surface area contributed by atoms with Gasteiger partial charge in [-0.15, -0.1) is 0 Å². The minimum atomic E-state index is -0.346. The van der Waals surface area contributed by atoms with Gasteiger partial charge < -0.3 is 0 Å². The Kier molecular flexibility index (Phi) is 22.8. The molecule has 6 aromatic heterocycles. The fraction of sp³-hybridized carbons (Fsp3) is 0.0643. The van der Waals surface area contributed by atoms with E-state index < -0.39 is 0 Å². The van der Waals surface area contributed by atoms with Crippen molar-refractivity contribution in [1.29, 1.82) is 0 Å². The number of benzene rings is 16. The van der Waals surface area contributed by atoms with Crippen LogP contribution in [0.4, 0.5) is 0 Å². The molecule has 0 radical (unpaired) electrons. The normalized spacial score (nSPS) is 14.6. The van der Waals surface area contributed by atoms with Crippen LogP contribution in [0.15, 0.2) is 522 Å². The van der Waals surface area contributed by atoms with Crippen LogP contribution in [0, 0.1) is 11.8 Å². The van der Waals surface area contributed by atoms with E-state index in [-0.39, 0.29) is 16.2 Å². The molecule has 0 saturated carbocycles. The maximum Gasteiger partial charge on any atom is 0.160 e. The van der Waals surface area contributed by atoms with E-state index in [9.17, 15) is 0 Å². The second kappa shape index (κ2) is 37.7. The highest BCUT2D eigenvalue weighted by Gasteiger charge is 2.52. The van der Waals surface area contributed by atoms with Gasteiger partial charge in [0.15, 0.2) is 17.5 Å². The maximum absolute atomic E-state index is 5.19. The molecule has 0 saturated heterocycles. The first-order chi connectivity index (χ1) is 73.3. The third-order valence-corrected chi connectivity index (χ3v) is 30.8. The van der Waals surface area contributed by atoms with Gasteiger partial charge in [-0.05, 0) is 229 Å². The predicted octanol–water partition coefficient (Wildman–Crippen LogP) is 34.2. The Morgan fingerprint density at radius 3 is 0.893 bits per heavy atom. The van der Waals surface area contributed by atoms with Gasteiger partial charge in [0.1, 0.15) is 0 Å². The Bertz CT molecular complexity index is 9040. The SMILES string of the molecule is CC1(C)C2=C(C=CC3C=CC=CC23)c2ccc(-c3cccc(-c4cc(-c5ccccc5)nc(-c5ccc(-c6cccnc6)cc5)n4)c3)cc21.CC1(C)c2ccccc2-c2cc(-c3cccc(-c4cc(-c5ccccc5)nc(-c5ccc(-c6cccnc6)cc5)n4)c3)ccc21.c1ccc(-c2cc(-c3cccc(-c4ccc5c(c4)-c4ccccc4C54c5ccccc5-c5ccccc54)c3)nc(-c3ccc(-c4cccnc4)cc3)n2)cc1. The van der Waals surface area contributed by atoms with Crippen LogP contribution >= 0.6 is 0 Å². The minimum absolute atomic E-state index is 0.00626. The third kappa shape index (κ3) is 16.5. The van der Waals surface area contributed by atoms with Gasteiger partial charge >= 0.3 is 0 Å². The molecule has 0 amide bonds. The minimum Gasteiger partial charge on any atom is -0.264 e. The predicted molar refractivity (Wildman–Crippen MR) is 609 cm³/mol. The number of allylic oxidation sites excluding steroid dienone is 8.